The predicted octanol–water partition coefficient (Wildman–Crippen LogP) is 2.93. The summed E-state index contributed by atoms with van der Waals surface area (Å²) in [6.07, 6.45) is 2.56. The van der Waals surface area contributed by atoms with E-state index in [1.807, 2.05) is 11.0 Å². The maximum Gasteiger partial charge on any atom is 0.195 e. The maximum absolute atomic E-state index is 5.87. The summed E-state index contributed by atoms with van der Waals surface area (Å²) < 4.78 is 0. The van der Waals surface area contributed by atoms with Crippen LogP contribution in [-0.2, 0) is 0 Å². The minimum absolute atomic E-state index is 0.286. The van der Waals surface area contributed by atoms with Crippen LogP contribution >= 0.6 is 12.2 Å². The second-order valence-electron chi connectivity index (χ2n) is 5.18. The van der Waals surface area contributed by atoms with Crippen LogP contribution in [0.2, 0.25) is 0 Å². The van der Waals surface area contributed by atoms with E-state index >= 15 is 0 Å². The smallest absolute Gasteiger partial charge is 0.195 e. The van der Waals surface area contributed by atoms with E-state index in [1.54, 1.807) is 0 Å². The molecule has 0 radical (unpaired) electrons. The molecule has 2 aromatic carbocycles. The monoisotopic (exact) mass is 298 g/mol. The molecule has 1 aliphatic carbocycles. The minimum Gasteiger partial charge on any atom is -0.314 e. The Morgan fingerprint density at radius 2 is 2.00 bits per heavy atom. The van der Waals surface area contributed by atoms with Gasteiger partial charge in [-0.25, -0.2) is 0 Å². The second-order valence-corrected chi connectivity index (χ2v) is 5.57. The number of fused-ring (bicyclic) bond motifs is 1. The molecule has 21 heavy (non-hydrogen) atoms. The molecule has 3 rings (SSSR count). The number of nitrogens with zero attached hydrogens (tertiary/aromatic N) is 2. The number of rotatable bonds is 4. The third-order valence-corrected chi connectivity index (χ3v) is 4.16. The lowest BCUT2D eigenvalue weighted by Crippen LogP contribution is -2.41. The van der Waals surface area contributed by atoms with Crippen LogP contribution in [0.5, 0.6) is 0 Å². The summed E-state index contributed by atoms with van der Waals surface area (Å²) in [6, 6.07) is 12.7. The van der Waals surface area contributed by atoms with E-state index in [9.17, 15) is 0 Å². The van der Waals surface area contributed by atoms with Crippen LogP contribution in [0.3, 0.4) is 0 Å². The molecule has 0 spiro atoms. The standard InChI is InChI=1S/C16H18N4S/c1-18-19-16(21)20(10-17)15-9-8-12(11-6-7-11)13-4-2-3-5-14(13)15/h2-5,8-9,11H,1,6-7,10,17H2,(H,19,21). The maximum atomic E-state index is 5.87. The summed E-state index contributed by atoms with van der Waals surface area (Å²) in [7, 11) is 0. The van der Waals surface area contributed by atoms with Gasteiger partial charge < -0.3 is 10.6 Å². The Labute approximate surface area is 129 Å². The normalized spacial score (nSPS) is 14.0. The van der Waals surface area contributed by atoms with Crippen LogP contribution in [0.25, 0.3) is 10.8 Å². The molecular formula is C16H18N4S. The lowest BCUT2D eigenvalue weighted by atomic mass is 9.99. The number of nitrogens with two attached hydrogens (primary N) is 1. The van der Waals surface area contributed by atoms with Crippen molar-refractivity contribution in [1.82, 2.24) is 5.43 Å². The summed E-state index contributed by atoms with van der Waals surface area (Å²) >= 11 is 5.32. The van der Waals surface area contributed by atoms with Crippen molar-refractivity contribution in [3.63, 3.8) is 0 Å². The molecule has 0 atom stereocenters. The van der Waals surface area contributed by atoms with Gasteiger partial charge in [0.05, 0.1) is 12.4 Å². The van der Waals surface area contributed by atoms with Crippen molar-refractivity contribution >= 4 is 40.5 Å². The number of hydrogen-bond donors (Lipinski definition) is 2. The quantitative estimate of drug-likeness (QED) is 0.394. The summed E-state index contributed by atoms with van der Waals surface area (Å²) in [4.78, 5) is 1.84. The lowest BCUT2D eigenvalue weighted by molar-refractivity contribution is 0.949. The van der Waals surface area contributed by atoms with E-state index < -0.39 is 0 Å². The first-order chi connectivity index (χ1) is 10.3. The number of hydrazone groups is 1. The Morgan fingerprint density at radius 1 is 1.29 bits per heavy atom. The Bertz CT molecular complexity index is 694. The molecule has 3 N–H and O–H groups in total. The molecule has 0 aliphatic heterocycles. The van der Waals surface area contributed by atoms with Gasteiger partial charge in [-0.3, -0.25) is 5.43 Å². The van der Waals surface area contributed by atoms with E-state index in [0.29, 0.717) is 11.0 Å². The van der Waals surface area contributed by atoms with E-state index in [-0.39, 0.29) is 6.67 Å². The average molecular weight is 298 g/mol. The molecule has 0 heterocycles. The first-order valence-electron chi connectivity index (χ1n) is 7.01. The van der Waals surface area contributed by atoms with Gasteiger partial charge in [-0.05, 0) is 48.0 Å². The molecule has 4 nitrogen and oxygen atoms in total. The number of anilines is 1. The number of hydrogen-bond acceptors (Lipinski definition) is 3. The van der Waals surface area contributed by atoms with Crippen molar-refractivity contribution in [1.29, 1.82) is 0 Å². The summed E-state index contributed by atoms with van der Waals surface area (Å²) in [5.41, 5.74) is 11.0. The van der Waals surface area contributed by atoms with E-state index in [0.717, 1.165) is 5.69 Å². The first kappa shape index (κ1) is 14.0. The minimum atomic E-state index is 0.286. The van der Waals surface area contributed by atoms with E-state index in [4.69, 9.17) is 18.0 Å². The molecule has 1 fully saturated rings. The summed E-state index contributed by atoms with van der Waals surface area (Å²) in [5, 5.41) is 6.53. The zero-order valence-electron chi connectivity index (χ0n) is 11.7. The van der Waals surface area contributed by atoms with Gasteiger partial charge in [0.2, 0.25) is 0 Å². The number of benzene rings is 2. The van der Waals surface area contributed by atoms with Gasteiger partial charge in [0.25, 0.3) is 0 Å². The molecular weight excluding hydrogens is 280 g/mol. The van der Waals surface area contributed by atoms with Crippen LogP contribution in [0.1, 0.15) is 24.3 Å². The van der Waals surface area contributed by atoms with Crippen LogP contribution in [0, 0.1) is 0 Å². The van der Waals surface area contributed by atoms with Gasteiger partial charge in [0, 0.05) is 12.1 Å². The molecule has 0 saturated heterocycles. The highest BCUT2D eigenvalue weighted by Crippen LogP contribution is 2.44. The predicted molar refractivity (Wildman–Crippen MR) is 92.7 cm³/mol. The molecule has 5 heteroatoms. The highest BCUT2D eigenvalue weighted by molar-refractivity contribution is 7.80. The number of thiocarbonyl (C=S) groups is 1. The van der Waals surface area contributed by atoms with Gasteiger partial charge >= 0.3 is 0 Å². The van der Waals surface area contributed by atoms with Crippen LogP contribution in [-0.4, -0.2) is 18.5 Å². The molecule has 1 saturated carbocycles. The van der Waals surface area contributed by atoms with Crippen molar-refractivity contribution < 1.29 is 0 Å². The van der Waals surface area contributed by atoms with Crippen LogP contribution in [0.15, 0.2) is 41.5 Å². The van der Waals surface area contributed by atoms with Gasteiger partial charge in [-0.15, -0.1) is 0 Å². The van der Waals surface area contributed by atoms with Gasteiger partial charge in [-0.2, -0.15) is 5.10 Å². The Hall–Kier alpha value is -1.98. The molecule has 0 aromatic heterocycles. The zero-order valence-corrected chi connectivity index (χ0v) is 12.6. The molecule has 1 aliphatic rings. The van der Waals surface area contributed by atoms with Gasteiger partial charge in [0.1, 0.15) is 0 Å². The fourth-order valence-corrected chi connectivity index (χ4v) is 2.95. The largest absolute Gasteiger partial charge is 0.314 e. The number of nitrogens with one attached hydrogen (secondary N) is 1. The fraction of sp³-hybridized carbons (Fsp3) is 0.250. The summed E-state index contributed by atoms with van der Waals surface area (Å²) in [6.45, 7) is 3.69. The molecule has 2 aromatic rings. The van der Waals surface area contributed by atoms with Crippen molar-refractivity contribution in [3.8, 4) is 0 Å². The van der Waals surface area contributed by atoms with Gasteiger partial charge in [0.15, 0.2) is 5.11 Å². The molecule has 0 amide bonds. The third-order valence-electron chi connectivity index (χ3n) is 3.85. The fourth-order valence-electron chi connectivity index (χ4n) is 2.71. The SMILES string of the molecule is C=NNC(=S)N(CN)c1ccc(C2CC2)c2ccccc12. The van der Waals surface area contributed by atoms with Crippen molar-refractivity contribution in [2.24, 2.45) is 10.8 Å². The Morgan fingerprint density at radius 3 is 2.62 bits per heavy atom. The Kier molecular flexibility index (Phi) is 3.86. The van der Waals surface area contributed by atoms with Crippen LogP contribution < -0.4 is 16.1 Å². The topological polar surface area (TPSA) is 53.7 Å². The summed E-state index contributed by atoms with van der Waals surface area (Å²) in [5.74, 6) is 0.704. The van der Waals surface area contributed by atoms with Crippen molar-refractivity contribution in [3.05, 3.63) is 42.0 Å². The Balaban J connectivity index is 2.12. The zero-order chi connectivity index (χ0) is 14.8. The average Bonchev–Trinajstić information content (AvgIpc) is 3.33. The van der Waals surface area contributed by atoms with Crippen molar-refractivity contribution in [2.45, 2.75) is 18.8 Å². The van der Waals surface area contributed by atoms with E-state index in [1.165, 1.54) is 29.2 Å². The second kappa shape index (κ2) is 5.79. The molecule has 108 valence electrons. The lowest BCUT2D eigenvalue weighted by Gasteiger charge is -2.24. The highest BCUT2D eigenvalue weighted by atomic mass is 32.1. The van der Waals surface area contributed by atoms with E-state index in [2.05, 4.69) is 47.6 Å². The van der Waals surface area contributed by atoms with Crippen LogP contribution in [0.4, 0.5) is 5.69 Å². The third kappa shape index (κ3) is 2.62. The molecule has 0 bridgehead atoms. The highest BCUT2D eigenvalue weighted by Gasteiger charge is 2.26. The van der Waals surface area contributed by atoms with Crippen molar-refractivity contribution in [2.75, 3.05) is 11.6 Å². The first-order valence-corrected chi connectivity index (χ1v) is 7.42. The molecule has 0 unspecified atom stereocenters. The van der Waals surface area contributed by atoms with Gasteiger partial charge in [-0.1, -0.05) is 30.3 Å².